The molecular weight excluding hydrogens is 293 g/mol. The van der Waals surface area contributed by atoms with Crippen LogP contribution < -0.4 is 10.6 Å². The van der Waals surface area contributed by atoms with Gasteiger partial charge in [0, 0.05) is 28.1 Å². The van der Waals surface area contributed by atoms with Crippen LogP contribution in [0.1, 0.15) is 11.1 Å². The number of para-hydroxylation sites is 1. The fourth-order valence-electron chi connectivity index (χ4n) is 2.16. The van der Waals surface area contributed by atoms with Crippen molar-refractivity contribution in [3.05, 3.63) is 59.1 Å². The Morgan fingerprint density at radius 1 is 1.05 bits per heavy atom. The minimum Gasteiger partial charge on any atom is -0.353 e. The maximum absolute atomic E-state index is 6.20. The molecule has 2 aromatic rings. The first-order valence-electron chi connectivity index (χ1n) is 6.01. The number of anilines is 3. The highest BCUT2D eigenvalue weighted by molar-refractivity contribution is 6.33. The fraction of sp³-hybridized carbons (Fsp3) is 0. The Morgan fingerprint density at radius 3 is 2.55 bits per heavy atom. The second-order valence-corrected chi connectivity index (χ2v) is 4.93. The predicted molar refractivity (Wildman–Crippen MR) is 87.3 cm³/mol. The third-order valence-corrected chi connectivity index (χ3v) is 3.64. The van der Waals surface area contributed by atoms with Crippen LogP contribution in [0.3, 0.4) is 0 Å². The van der Waals surface area contributed by atoms with Gasteiger partial charge in [0.25, 0.3) is 0 Å². The van der Waals surface area contributed by atoms with Crippen LogP contribution in [0, 0.1) is 0 Å². The van der Waals surface area contributed by atoms with Gasteiger partial charge in [-0.1, -0.05) is 36.4 Å². The lowest BCUT2D eigenvalue weighted by molar-refractivity contribution is 1.55. The summed E-state index contributed by atoms with van der Waals surface area (Å²) >= 11 is 11.9. The van der Waals surface area contributed by atoms with E-state index in [2.05, 4.69) is 21.7 Å². The molecule has 1 aliphatic heterocycles. The van der Waals surface area contributed by atoms with Gasteiger partial charge >= 0.3 is 0 Å². The number of benzene rings is 2. The summed E-state index contributed by atoms with van der Waals surface area (Å²) in [6.07, 6.45) is 1.72. The number of rotatable bonds is 1. The van der Waals surface area contributed by atoms with Crippen molar-refractivity contribution in [1.29, 1.82) is 0 Å². The summed E-state index contributed by atoms with van der Waals surface area (Å²) in [5, 5.41) is 7.17. The molecule has 5 heteroatoms. The molecule has 0 aliphatic carbocycles. The van der Waals surface area contributed by atoms with Crippen LogP contribution in [0.4, 0.5) is 17.1 Å². The maximum Gasteiger partial charge on any atom is 0.154 e. The van der Waals surface area contributed by atoms with Gasteiger partial charge in [-0.3, -0.25) is 0 Å². The minimum absolute atomic E-state index is 0.580. The van der Waals surface area contributed by atoms with E-state index in [1.54, 1.807) is 6.08 Å². The minimum atomic E-state index is 0.580. The summed E-state index contributed by atoms with van der Waals surface area (Å²) in [5.41, 5.74) is 4.40. The number of nitrogens with one attached hydrogen (secondary N) is 2. The first kappa shape index (κ1) is 13.0. The molecule has 0 unspecified atom stereocenters. The highest BCUT2D eigenvalue weighted by atomic mass is 35.5. The Labute approximate surface area is 127 Å². The zero-order chi connectivity index (χ0) is 14.1. The molecule has 3 nitrogen and oxygen atoms in total. The van der Waals surface area contributed by atoms with Gasteiger partial charge in [-0.2, -0.15) is 4.51 Å². The fourth-order valence-corrected chi connectivity index (χ4v) is 2.53. The standard InChI is InChI=1S/C15H11Cl2N3/c1-2-9-7-13-14(8-11(9)16)19-15(20-17)10-5-3-4-6-12(10)18-13/h2-8,18H,1H2,(H,19,20). The highest BCUT2D eigenvalue weighted by Crippen LogP contribution is 2.36. The van der Waals surface area contributed by atoms with Gasteiger partial charge in [0.1, 0.15) is 0 Å². The van der Waals surface area contributed by atoms with Crippen molar-refractivity contribution >= 4 is 52.4 Å². The van der Waals surface area contributed by atoms with Gasteiger partial charge in [-0.05, 0) is 29.8 Å². The molecular formula is C15H11Cl2N3. The van der Waals surface area contributed by atoms with Crippen LogP contribution in [0.25, 0.3) is 6.08 Å². The van der Waals surface area contributed by atoms with Crippen molar-refractivity contribution in [1.82, 2.24) is 0 Å². The summed E-state index contributed by atoms with van der Waals surface area (Å²) in [6.45, 7) is 3.76. The topological polar surface area (TPSA) is 36.4 Å². The SMILES string of the molecule is C=Cc1cc2c(cc1Cl)NC(=NCl)c1ccccc1N2. The van der Waals surface area contributed by atoms with Crippen LogP contribution in [0.5, 0.6) is 0 Å². The van der Waals surface area contributed by atoms with E-state index in [4.69, 9.17) is 23.4 Å². The molecule has 3 rings (SSSR count). The summed E-state index contributed by atoms with van der Waals surface area (Å²) in [6, 6.07) is 11.6. The molecule has 100 valence electrons. The molecule has 0 saturated heterocycles. The van der Waals surface area contributed by atoms with E-state index >= 15 is 0 Å². The maximum atomic E-state index is 6.20. The molecule has 0 atom stereocenters. The summed E-state index contributed by atoms with van der Waals surface area (Å²) in [7, 11) is 0. The number of amidine groups is 1. The molecule has 0 spiro atoms. The van der Waals surface area contributed by atoms with Gasteiger partial charge in [0.2, 0.25) is 0 Å². The van der Waals surface area contributed by atoms with Gasteiger partial charge < -0.3 is 10.6 Å². The normalized spacial score (nSPS) is 14.6. The van der Waals surface area contributed by atoms with Crippen molar-refractivity contribution in [3.63, 3.8) is 0 Å². The van der Waals surface area contributed by atoms with Crippen LogP contribution >= 0.6 is 23.4 Å². The molecule has 0 fully saturated rings. The number of hydrogen-bond acceptors (Lipinski definition) is 2. The Balaban J connectivity index is 2.21. The number of halogens is 2. The Hall–Kier alpha value is -1.97. The molecule has 1 aliphatic rings. The summed E-state index contributed by atoms with van der Waals surface area (Å²) in [4.78, 5) is 0. The molecule has 2 N–H and O–H groups in total. The van der Waals surface area contributed by atoms with E-state index < -0.39 is 0 Å². The lowest BCUT2D eigenvalue weighted by atomic mass is 10.1. The van der Waals surface area contributed by atoms with Crippen LogP contribution in [-0.2, 0) is 0 Å². The molecule has 20 heavy (non-hydrogen) atoms. The van der Waals surface area contributed by atoms with E-state index in [9.17, 15) is 0 Å². The first-order chi connectivity index (χ1) is 9.72. The predicted octanol–water partition coefficient (Wildman–Crippen LogP) is 5.05. The van der Waals surface area contributed by atoms with Gasteiger partial charge in [-0.15, -0.1) is 0 Å². The first-order valence-corrected chi connectivity index (χ1v) is 6.73. The van der Waals surface area contributed by atoms with Crippen molar-refractivity contribution in [2.24, 2.45) is 4.51 Å². The number of hydrogen-bond donors (Lipinski definition) is 2. The smallest absolute Gasteiger partial charge is 0.154 e. The largest absolute Gasteiger partial charge is 0.353 e. The van der Waals surface area contributed by atoms with Crippen molar-refractivity contribution in [2.45, 2.75) is 0 Å². The average Bonchev–Trinajstić information content (AvgIpc) is 2.62. The molecule has 0 bridgehead atoms. The molecule has 1 heterocycles. The zero-order valence-corrected chi connectivity index (χ0v) is 12.0. The average molecular weight is 304 g/mol. The number of fused-ring (bicyclic) bond motifs is 2. The van der Waals surface area contributed by atoms with E-state index in [1.807, 2.05) is 36.4 Å². The van der Waals surface area contributed by atoms with Crippen LogP contribution in [0.15, 0.2) is 47.5 Å². The number of nitrogens with zero attached hydrogens (tertiary/aromatic N) is 1. The Morgan fingerprint density at radius 2 is 1.80 bits per heavy atom. The van der Waals surface area contributed by atoms with E-state index in [0.717, 1.165) is 28.2 Å². The van der Waals surface area contributed by atoms with Crippen molar-refractivity contribution < 1.29 is 0 Å². The molecule has 2 aromatic carbocycles. The molecule has 0 aromatic heterocycles. The van der Waals surface area contributed by atoms with Crippen LogP contribution in [0.2, 0.25) is 5.02 Å². The third-order valence-electron chi connectivity index (χ3n) is 3.15. The summed E-state index contributed by atoms with van der Waals surface area (Å²) < 4.78 is 3.79. The van der Waals surface area contributed by atoms with Crippen molar-refractivity contribution in [2.75, 3.05) is 10.6 Å². The molecule has 0 amide bonds. The Kier molecular flexibility index (Phi) is 3.38. The Bertz CT molecular complexity index is 723. The highest BCUT2D eigenvalue weighted by Gasteiger charge is 2.18. The molecule has 0 saturated carbocycles. The lowest BCUT2D eigenvalue weighted by Gasteiger charge is -2.11. The van der Waals surface area contributed by atoms with E-state index in [0.29, 0.717) is 10.9 Å². The van der Waals surface area contributed by atoms with E-state index in [1.165, 1.54) is 0 Å². The second kappa shape index (κ2) is 5.19. The molecule has 0 radical (unpaired) electrons. The third kappa shape index (κ3) is 2.15. The zero-order valence-electron chi connectivity index (χ0n) is 10.5. The van der Waals surface area contributed by atoms with Gasteiger partial charge in [0.05, 0.1) is 11.4 Å². The van der Waals surface area contributed by atoms with Crippen molar-refractivity contribution in [3.8, 4) is 0 Å². The monoisotopic (exact) mass is 303 g/mol. The summed E-state index contributed by atoms with van der Waals surface area (Å²) in [5.74, 6) is 0.580. The second-order valence-electron chi connectivity index (χ2n) is 4.35. The van der Waals surface area contributed by atoms with Crippen LogP contribution in [-0.4, -0.2) is 5.84 Å². The van der Waals surface area contributed by atoms with Gasteiger partial charge in [0.15, 0.2) is 5.84 Å². The lowest BCUT2D eigenvalue weighted by Crippen LogP contribution is -2.11. The quantitative estimate of drug-likeness (QED) is 0.773. The van der Waals surface area contributed by atoms with Gasteiger partial charge in [-0.25, -0.2) is 0 Å². The van der Waals surface area contributed by atoms with E-state index in [-0.39, 0.29) is 0 Å².